The first kappa shape index (κ1) is 24.7. The van der Waals surface area contributed by atoms with Crippen LogP contribution in [0.3, 0.4) is 0 Å². The zero-order valence-electron chi connectivity index (χ0n) is 20.8. The number of aliphatic hydroxyl groups is 2. The summed E-state index contributed by atoms with van der Waals surface area (Å²) in [6.45, 7) is 12.3. The Balaban J connectivity index is 1.59. The number of carbonyl (C=O) groups excluding carboxylic acids is 1. The van der Waals surface area contributed by atoms with Gasteiger partial charge in [0.15, 0.2) is 5.78 Å². The maximum atomic E-state index is 13.8. The first-order valence-electron chi connectivity index (χ1n) is 13.0. The number of carboxylic acid groups (broad SMARTS) is 1. The molecule has 184 valence electrons. The molecule has 0 aromatic rings. The Bertz CT molecular complexity index is 874. The minimum absolute atomic E-state index is 0.0355. The first-order valence-corrected chi connectivity index (χ1v) is 13.0. The van der Waals surface area contributed by atoms with E-state index in [4.69, 9.17) is 0 Å². The van der Waals surface area contributed by atoms with E-state index < -0.39 is 24.1 Å². The van der Waals surface area contributed by atoms with Crippen LogP contribution in [0, 0.1) is 40.4 Å². The van der Waals surface area contributed by atoms with Crippen LogP contribution in [0.2, 0.25) is 0 Å². The fraction of sp³-hybridized carbons (Fsp3) is 0.786. The van der Waals surface area contributed by atoms with Crippen molar-refractivity contribution in [2.24, 2.45) is 40.4 Å². The fourth-order valence-corrected chi connectivity index (χ4v) is 8.37. The summed E-state index contributed by atoms with van der Waals surface area (Å²) in [5.41, 5.74) is 2.13. The molecule has 3 N–H and O–H groups in total. The minimum atomic E-state index is -0.830. The van der Waals surface area contributed by atoms with Gasteiger partial charge in [0.1, 0.15) is 0 Å². The van der Waals surface area contributed by atoms with E-state index in [0.717, 1.165) is 55.2 Å². The molecule has 0 aliphatic heterocycles. The molecule has 0 aromatic heterocycles. The van der Waals surface area contributed by atoms with Crippen LogP contribution in [-0.2, 0) is 9.59 Å². The largest absolute Gasteiger partial charge is 0.481 e. The van der Waals surface area contributed by atoms with Gasteiger partial charge in [-0.1, -0.05) is 32.9 Å². The van der Waals surface area contributed by atoms with Crippen molar-refractivity contribution in [3.05, 3.63) is 23.3 Å². The van der Waals surface area contributed by atoms with E-state index in [2.05, 4.69) is 27.4 Å². The highest BCUT2D eigenvalue weighted by Crippen LogP contribution is 2.65. The van der Waals surface area contributed by atoms with Gasteiger partial charge in [-0.2, -0.15) is 0 Å². The summed E-state index contributed by atoms with van der Waals surface area (Å²) in [6, 6.07) is 0. The second kappa shape index (κ2) is 8.64. The summed E-state index contributed by atoms with van der Waals surface area (Å²) in [4.78, 5) is 25.0. The van der Waals surface area contributed by atoms with Gasteiger partial charge >= 0.3 is 5.97 Å². The van der Waals surface area contributed by atoms with Crippen LogP contribution in [0.5, 0.6) is 0 Å². The lowest BCUT2D eigenvalue weighted by atomic mass is 9.49. The van der Waals surface area contributed by atoms with E-state index in [-0.39, 0.29) is 28.4 Å². The van der Waals surface area contributed by atoms with Crippen molar-refractivity contribution < 1.29 is 24.9 Å². The van der Waals surface area contributed by atoms with Crippen molar-refractivity contribution in [1.29, 1.82) is 0 Å². The highest BCUT2D eigenvalue weighted by Gasteiger charge is 2.60. The van der Waals surface area contributed by atoms with Crippen LogP contribution >= 0.6 is 0 Å². The Labute approximate surface area is 198 Å². The van der Waals surface area contributed by atoms with E-state index in [1.807, 2.05) is 0 Å². The Morgan fingerprint density at radius 3 is 2.55 bits per heavy atom. The molecule has 33 heavy (non-hydrogen) atoms. The predicted molar refractivity (Wildman–Crippen MR) is 127 cm³/mol. The zero-order valence-corrected chi connectivity index (χ0v) is 20.8. The maximum absolute atomic E-state index is 13.8. The quantitative estimate of drug-likeness (QED) is 0.492. The average Bonchev–Trinajstić information content (AvgIpc) is 3.08. The van der Waals surface area contributed by atoms with Crippen molar-refractivity contribution in [1.82, 2.24) is 0 Å². The number of carbonyl (C=O) groups is 2. The number of fused-ring (bicyclic) bond motifs is 4. The molecular formula is C28H42O5. The van der Waals surface area contributed by atoms with Gasteiger partial charge in [-0.15, -0.1) is 0 Å². The van der Waals surface area contributed by atoms with E-state index in [1.54, 1.807) is 6.92 Å². The molecule has 2 saturated carbocycles. The molecule has 4 aliphatic carbocycles. The number of aliphatic hydroxyl groups excluding tert-OH is 2. The molecule has 0 spiro atoms. The van der Waals surface area contributed by atoms with Gasteiger partial charge in [0.2, 0.25) is 0 Å². The Morgan fingerprint density at radius 1 is 1.18 bits per heavy atom. The summed E-state index contributed by atoms with van der Waals surface area (Å²) in [7, 11) is 0. The predicted octanol–water partition coefficient (Wildman–Crippen LogP) is 4.91. The third-order valence-electron chi connectivity index (χ3n) is 10.4. The molecule has 3 unspecified atom stereocenters. The molecule has 0 aromatic carbocycles. The van der Waals surface area contributed by atoms with Crippen LogP contribution < -0.4 is 0 Å². The first-order chi connectivity index (χ1) is 15.4. The Kier molecular flexibility index (Phi) is 6.46. The van der Waals surface area contributed by atoms with Gasteiger partial charge in [0.05, 0.1) is 18.1 Å². The summed E-state index contributed by atoms with van der Waals surface area (Å²) in [5.74, 6) is -0.283. The van der Waals surface area contributed by atoms with Gasteiger partial charge in [0.25, 0.3) is 0 Å². The molecule has 0 bridgehead atoms. The summed E-state index contributed by atoms with van der Waals surface area (Å²) in [5, 5.41) is 31.3. The van der Waals surface area contributed by atoms with Gasteiger partial charge in [0, 0.05) is 17.4 Å². The minimum Gasteiger partial charge on any atom is -0.481 e. The summed E-state index contributed by atoms with van der Waals surface area (Å²) < 4.78 is 0. The molecule has 2 fully saturated rings. The third kappa shape index (κ3) is 3.83. The SMILES string of the molecule is C=C(CC[C@@H](C)C1CCC2C3=C(C(=O)C[C@@]21C)[C@@]1(C)CCC[C@H](O)C1C[C@@H]3O)[C@@H](C)C(=O)O. The topological polar surface area (TPSA) is 94.8 Å². The number of carboxylic acids is 1. The van der Waals surface area contributed by atoms with E-state index in [0.29, 0.717) is 31.1 Å². The summed E-state index contributed by atoms with van der Waals surface area (Å²) in [6.07, 6.45) is 6.19. The second-order valence-corrected chi connectivity index (χ2v) is 12.1. The molecule has 0 amide bonds. The number of hydrogen-bond acceptors (Lipinski definition) is 4. The van der Waals surface area contributed by atoms with Gasteiger partial charge < -0.3 is 15.3 Å². The van der Waals surface area contributed by atoms with Gasteiger partial charge in [-0.05, 0) is 93.0 Å². The Hall–Kier alpha value is -1.46. The average molecular weight is 459 g/mol. The number of rotatable bonds is 6. The molecule has 9 atom stereocenters. The fourth-order valence-electron chi connectivity index (χ4n) is 8.37. The van der Waals surface area contributed by atoms with Crippen LogP contribution in [-0.4, -0.2) is 39.3 Å². The van der Waals surface area contributed by atoms with E-state index in [1.165, 1.54) is 0 Å². The van der Waals surface area contributed by atoms with Crippen molar-refractivity contribution in [3.8, 4) is 0 Å². The number of allylic oxidation sites excluding steroid dienone is 1. The number of hydrogen-bond donors (Lipinski definition) is 3. The van der Waals surface area contributed by atoms with Crippen LogP contribution in [0.25, 0.3) is 0 Å². The molecule has 4 aliphatic rings. The molecule has 5 heteroatoms. The molecule has 0 radical (unpaired) electrons. The number of ketones is 1. The molecular weight excluding hydrogens is 416 g/mol. The lowest BCUT2D eigenvalue weighted by Crippen LogP contribution is -2.54. The number of Topliss-reactive ketones (excluding diaryl/α,β-unsaturated/α-hetero) is 1. The molecule has 5 nitrogen and oxygen atoms in total. The lowest BCUT2D eigenvalue weighted by molar-refractivity contribution is -0.140. The Morgan fingerprint density at radius 2 is 1.88 bits per heavy atom. The van der Waals surface area contributed by atoms with Gasteiger partial charge in [-0.3, -0.25) is 9.59 Å². The van der Waals surface area contributed by atoms with E-state index >= 15 is 0 Å². The van der Waals surface area contributed by atoms with Crippen LogP contribution in [0.1, 0.15) is 85.5 Å². The molecule has 0 heterocycles. The highest BCUT2D eigenvalue weighted by molar-refractivity contribution is 5.99. The third-order valence-corrected chi connectivity index (χ3v) is 10.4. The number of aliphatic carboxylic acids is 1. The van der Waals surface area contributed by atoms with Crippen LogP contribution in [0.4, 0.5) is 0 Å². The van der Waals surface area contributed by atoms with E-state index in [9.17, 15) is 24.9 Å². The van der Waals surface area contributed by atoms with Crippen molar-refractivity contribution in [3.63, 3.8) is 0 Å². The molecule has 4 rings (SSSR count). The van der Waals surface area contributed by atoms with Crippen molar-refractivity contribution in [2.45, 2.75) is 97.7 Å². The highest BCUT2D eigenvalue weighted by atomic mass is 16.4. The standard InChI is InChI=1S/C28H42O5/c1-15(17(3)26(32)33)8-9-16(2)18-10-11-19-24-22(30)13-20-21(29)7-6-12-27(20,4)25(24)23(31)14-28(18,19)5/h16-22,29-30H,1,6-14H2,2-5H3,(H,32,33)/t16-,17-,18?,19?,20?,21+,22+,27+,28-/m1/s1. The smallest absolute Gasteiger partial charge is 0.310 e. The van der Waals surface area contributed by atoms with Gasteiger partial charge in [-0.25, -0.2) is 0 Å². The van der Waals surface area contributed by atoms with Crippen molar-refractivity contribution in [2.75, 3.05) is 0 Å². The molecule has 0 saturated heterocycles. The lowest BCUT2D eigenvalue weighted by Gasteiger charge is -2.55. The monoisotopic (exact) mass is 458 g/mol. The second-order valence-electron chi connectivity index (χ2n) is 12.1. The zero-order chi connectivity index (χ0) is 24.3. The van der Waals surface area contributed by atoms with Crippen LogP contribution in [0.15, 0.2) is 23.3 Å². The summed E-state index contributed by atoms with van der Waals surface area (Å²) >= 11 is 0. The normalized spacial score (nSPS) is 42.2. The maximum Gasteiger partial charge on any atom is 0.310 e. The van der Waals surface area contributed by atoms with Crippen molar-refractivity contribution >= 4 is 11.8 Å².